The smallest absolute Gasteiger partial charge is 0.227 e. The van der Waals surface area contributed by atoms with E-state index in [1.807, 2.05) is 18.2 Å². The Morgan fingerprint density at radius 1 is 1.30 bits per heavy atom. The van der Waals surface area contributed by atoms with Crippen molar-refractivity contribution < 1.29 is 9.59 Å². The molecule has 3 rings (SSSR count). The van der Waals surface area contributed by atoms with Crippen molar-refractivity contribution in [2.75, 3.05) is 11.4 Å². The Bertz CT molecular complexity index is 704. The zero-order valence-electron chi connectivity index (χ0n) is 12.4. The third-order valence-corrected chi connectivity index (χ3v) is 4.09. The van der Waals surface area contributed by atoms with Crippen LogP contribution in [0, 0.1) is 5.92 Å². The highest BCUT2D eigenvalue weighted by Crippen LogP contribution is 2.24. The van der Waals surface area contributed by atoms with E-state index in [4.69, 9.17) is 11.6 Å². The summed E-state index contributed by atoms with van der Waals surface area (Å²) in [5, 5.41) is 3.54. The van der Waals surface area contributed by atoms with Gasteiger partial charge < -0.3 is 10.2 Å². The van der Waals surface area contributed by atoms with Crippen LogP contribution in [0.5, 0.6) is 0 Å². The number of rotatable bonds is 4. The Kier molecular flexibility index (Phi) is 4.57. The maximum Gasteiger partial charge on any atom is 0.227 e. The number of nitrogens with one attached hydrogen (secondary N) is 1. The van der Waals surface area contributed by atoms with Crippen molar-refractivity contribution in [3.8, 4) is 0 Å². The Morgan fingerprint density at radius 2 is 2.09 bits per heavy atom. The van der Waals surface area contributed by atoms with Gasteiger partial charge in [0.25, 0.3) is 0 Å². The number of anilines is 1. The number of hydrogen-bond donors (Lipinski definition) is 1. The first-order chi connectivity index (χ1) is 11.1. The van der Waals surface area contributed by atoms with Crippen LogP contribution in [-0.2, 0) is 16.1 Å². The molecule has 2 heterocycles. The predicted octanol–water partition coefficient (Wildman–Crippen LogP) is 2.40. The standard InChI is InChI=1S/C17H16ClN3O2/c18-14-5-3-12(4-6-14)9-20-17(23)13-8-16(22)21(11-13)15-2-1-7-19-10-15/h1-7,10,13H,8-9,11H2,(H,20,23). The van der Waals surface area contributed by atoms with Crippen molar-refractivity contribution in [3.63, 3.8) is 0 Å². The maximum atomic E-state index is 12.3. The van der Waals surface area contributed by atoms with E-state index >= 15 is 0 Å². The van der Waals surface area contributed by atoms with Gasteiger partial charge >= 0.3 is 0 Å². The van der Waals surface area contributed by atoms with E-state index in [0.29, 0.717) is 18.1 Å². The second-order valence-electron chi connectivity index (χ2n) is 5.46. The summed E-state index contributed by atoms with van der Waals surface area (Å²) in [4.78, 5) is 30.0. The predicted molar refractivity (Wildman–Crippen MR) is 88.0 cm³/mol. The van der Waals surface area contributed by atoms with E-state index in [-0.39, 0.29) is 24.2 Å². The Balaban J connectivity index is 1.58. The zero-order valence-corrected chi connectivity index (χ0v) is 13.2. The molecule has 0 bridgehead atoms. The molecule has 23 heavy (non-hydrogen) atoms. The first kappa shape index (κ1) is 15.5. The van der Waals surface area contributed by atoms with E-state index in [1.54, 1.807) is 35.5 Å². The lowest BCUT2D eigenvalue weighted by molar-refractivity contribution is -0.126. The number of carbonyl (C=O) groups excluding carboxylic acids is 2. The van der Waals surface area contributed by atoms with E-state index in [2.05, 4.69) is 10.3 Å². The van der Waals surface area contributed by atoms with Gasteiger partial charge in [0.05, 0.1) is 17.8 Å². The molecule has 2 amide bonds. The fourth-order valence-electron chi connectivity index (χ4n) is 2.58. The topological polar surface area (TPSA) is 62.3 Å². The van der Waals surface area contributed by atoms with Crippen LogP contribution in [0.1, 0.15) is 12.0 Å². The van der Waals surface area contributed by atoms with E-state index in [9.17, 15) is 9.59 Å². The SMILES string of the molecule is O=C(NCc1ccc(Cl)cc1)C1CC(=O)N(c2cccnc2)C1. The van der Waals surface area contributed by atoms with E-state index in [0.717, 1.165) is 11.3 Å². The first-order valence-corrected chi connectivity index (χ1v) is 7.74. The van der Waals surface area contributed by atoms with Gasteiger partial charge in [0, 0.05) is 30.7 Å². The fraction of sp³-hybridized carbons (Fsp3) is 0.235. The molecule has 2 aromatic rings. The summed E-state index contributed by atoms with van der Waals surface area (Å²) in [6.07, 6.45) is 3.51. The highest BCUT2D eigenvalue weighted by Gasteiger charge is 2.35. The molecule has 1 aliphatic rings. The van der Waals surface area contributed by atoms with Crippen molar-refractivity contribution >= 4 is 29.1 Å². The average Bonchev–Trinajstić information content (AvgIpc) is 2.97. The lowest BCUT2D eigenvalue weighted by Crippen LogP contribution is -2.32. The highest BCUT2D eigenvalue weighted by molar-refractivity contribution is 6.30. The summed E-state index contributed by atoms with van der Waals surface area (Å²) in [5.74, 6) is -0.501. The Hall–Kier alpha value is -2.40. The van der Waals surface area contributed by atoms with Gasteiger partial charge in [-0.3, -0.25) is 14.6 Å². The Labute approximate surface area is 139 Å². The number of nitrogens with zero attached hydrogens (tertiary/aromatic N) is 2. The van der Waals surface area contributed by atoms with Crippen molar-refractivity contribution in [3.05, 3.63) is 59.4 Å². The molecule has 1 aromatic carbocycles. The molecule has 1 N–H and O–H groups in total. The van der Waals surface area contributed by atoms with E-state index < -0.39 is 0 Å². The molecule has 1 fully saturated rings. The highest BCUT2D eigenvalue weighted by atomic mass is 35.5. The first-order valence-electron chi connectivity index (χ1n) is 7.36. The van der Waals surface area contributed by atoms with Crippen LogP contribution in [0.15, 0.2) is 48.8 Å². The molecule has 118 valence electrons. The maximum absolute atomic E-state index is 12.3. The lowest BCUT2D eigenvalue weighted by Gasteiger charge is -2.16. The summed E-state index contributed by atoms with van der Waals surface area (Å²) < 4.78 is 0. The molecule has 0 radical (unpaired) electrons. The number of amides is 2. The largest absolute Gasteiger partial charge is 0.352 e. The summed E-state index contributed by atoms with van der Waals surface area (Å²) >= 11 is 5.83. The molecule has 0 aliphatic carbocycles. The molecule has 0 saturated carbocycles. The molecule has 6 heteroatoms. The van der Waals surface area contributed by atoms with Gasteiger partial charge in [0.2, 0.25) is 11.8 Å². The van der Waals surface area contributed by atoms with Crippen molar-refractivity contribution in [2.45, 2.75) is 13.0 Å². The number of benzene rings is 1. The van der Waals surface area contributed by atoms with Gasteiger partial charge in [0.1, 0.15) is 0 Å². The van der Waals surface area contributed by atoms with Crippen molar-refractivity contribution in [1.29, 1.82) is 0 Å². The summed E-state index contributed by atoms with van der Waals surface area (Å²) in [5.41, 5.74) is 1.70. The monoisotopic (exact) mass is 329 g/mol. The normalized spacial score (nSPS) is 17.3. The fourth-order valence-corrected chi connectivity index (χ4v) is 2.71. The lowest BCUT2D eigenvalue weighted by atomic mass is 10.1. The van der Waals surface area contributed by atoms with Crippen LogP contribution in [-0.4, -0.2) is 23.3 Å². The van der Waals surface area contributed by atoms with Gasteiger partial charge in [-0.1, -0.05) is 23.7 Å². The third-order valence-electron chi connectivity index (χ3n) is 3.83. The number of carbonyl (C=O) groups is 2. The number of halogens is 1. The molecular weight excluding hydrogens is 314 g/mol. The van der Waals surface area contributed by atoms with Crippen LogP contribution in [0.4, 0.5) is 5.69 Å². The summed E-state index contributed by atoms with van der Waals surface area (Å²) in [6.45, 7) is 0.810. The molecule has 5 nitrogen and oxygen atoms in total. The molecule has 1 aliphatic heterocycles. The molecular formula is C17H16ClN3O2. The molecule has 1 aromatic heterocycles. The zero-order chi connectivity index (χ0) is 16.2. The van der Waals surface area contributed by atoms with Gasteiger partial charge in [-0.2, -0.15) is 0 Å². The quantitative estimate of drug-likeness (QED) is 0.937. The van der Waals surface area contributed by atoms with Crippen LogP contribution in [0.25, 0.3) is 0 Å². The molecule has 1 saturated heterocycles. The van der Waals surface area contributed by atoms with Gasteiger partial charge in [-0.15, -0.1) is 0 Å². The van der Waals surface area contributed by atoms with Crippen LogP contribution >= 0.6 is 11.6 Å². The Morgan fingerprint density at radius 3 is 2.78 bits per heavy atom. The average molecular weight is 330 g/mol. The summed E-state index contributed by atoms with van der Waals surface area (Å²) in [7, 11) is 0. The number of pyridine rings is 1. The number of aromatic nitrogens is 1. The minimum Gasteiger partial charge on any atom is -0.352 e. The van der Waals surface area contributed by atoms with Crippen molar-refractivity contribution in [2.24, 2.45) is 5.92 Å². The minimum absolute atomic E-state index is 0.0513. The van der Waals surface area contributed by atoms with Crippen LogP contribution < -0.4 is 10.2 Å². The van der Waals surface area contributed by atoms with Gasteiger partial charge in [-0.25, -0.2) is 0 Å². The van der Waals surface area contributed by atoms with E-state index in [1.165, 1.54) is 0 Å². The summed E-state index contributed by atoms with van der Waals surface area (Å²) in [6, 6.07) is 10.9. The second-order valence-corrected chi connectivity index (χ2v) is 5.90. The van der Waals surface area contributed by atoms with Crippen LogP contribution in [0.3, 0.4) is 0 Å². The third kappa shape index (κ3) is 3.68. The minimum atomic E-state index is -0.338. The van der Waals surface area contributed by atoms with Gasteiger partial charge in [0.15, 0.2) is 0 Å². The van der Waals surface area contributed by atoms with Crippen LogP contribution in [0.2, 0.25) is 5.02 Å². The van der Waals surface area contributed by atoms with Crippen molar-refractivity contribution in [1.82, 2.24) is 10.3 Å². The molecule has 1 unspecified atom stereocenters. The molecule has 0 spiro atoms. The molecule has 1 atom stereocenters. The number of hydrogen-bond acceptors (Lipinski definition) is 3. The van der Waals surface area contributed by atoms with Gasteiger partial charge in [-0.05, 0) is 29.8 Å². The second kappa shape index (κ2) is 6.79.